The van der Waals surface area contributed by atoms with Gasteiger partial charge in [-0.25, -0.2) is 4.98 Å². The van der Waals surface area contributed by atoms with Gasteiger partial charge >= 0.3 is 0 Å². The first kappa shape index (κ1) is 15.3. The number of amides is 1. The second-order valence-corrected chi connectivity index (χ2v) is 5.13. The van der Waals surface area contributed by atoms with E-state index in [1.807, 2.05) is 6.07 Å². The van der Waals surface area contributed by atoms with Crippen LogP contribution < -0.4 is 11.1 Å². The highest BCUT2D eigenvalue weighted by Gasteiger charge is 2.20. The molecular weight excluding hydrogens is 286 g/mol. The Hall–Kier alpha value is -2.07. The molecular formula is C16H18ClN3O. The second-order valence-electron chi connectivity index (χ2n) is 5.13. The molecule has 21 heavy (non-hydrogen) atoms. The van der Waals surface area contributed by atoms with Gasteiger partial charge < -0.3 is 11.1 Å². The molecule has 1 unspecified atom stereocenters. The lowest BCUT2D eigenvalue weighted by atomic mass is 9.88. The summed E-state index contributed by atoms with van der Waals surface area (Å²) in [6, 6.07) is 13.7. The Morgan fingerprint density at radius 3 is 2.67 bits per heavy atom. The fourth-order valence-corrected chi connectivity index (χ4v) is 2.66. The number of rotatable bonds is 2. The zero-order valence-corrected chi connectivity index (χ0v) is 12.4. The van der Waals surface area contributed by atoms with Crippen molar-refractivity contribution < 1.29 is 4.79 Å². The molecule has 1 amide bonds. The average molecular weight is 304 g/mol. The SMILES string of the molecule is Cl.Nc1cccc(C(=O)NC2CCc3ccccc3C2)n1. The van der Waals surface area contributed by atoms with Crippen molar-refractivity contribution in [3.8, 4) is 0 Å². The van der Waals surface area contributed by atoms with Gasteiger partial charge in [-0.2, -0.15) is 0 Å². The van der Waals surface area contributed by atoms with Crippen LogP contribution in [0.25, 0.3) is 0 Å². The van der Waals surface area contributed by atoms with E-state index in [0.717, 1.165) is 19.3 Å². The van der Waals surface area contributed by atoms with Crippen LogP contribution >= 0.6 is 12.4 Å². The number of fused-ring (bicyclic) bond motifs is 1. The molecule has 0 aliphatic heterocycles. The van der Waals surface area contributed by atoms with Gasteiger partial charge in [0.15, 0.2) is 0 Å². The molecule has 1 aromatic heterocycles. The van der Waals surface area contributed by atoms with E-state index in [1.165, 1.54) is 11.1 Å². The lowest BCUT2D eigenvalue weighted by molar-refractivity contribution is 0.0928. The van der Waals surface area contributed by atoms with Gasteiger partial charge in [-0.15, -0.1) is 12.4 Å². The molecule has 1 aliphatic rings. The van der Waals surface area contributed by atoms with Gasteiger partial charge in [0.2, 0.25) is 0 Å². The van der Waals surface area contributed by atoms with Crippen LogP contribution in [0.15, 0.2) is 42.5 Å². The number of pyridine rings is 1. The van der Waals surface area contributed by atoms with Gasteiger partial charge in [0.1, 0.15) is 11.5 Å². The summed E-state index contributed by atoms with van der Waals surface area (Å²) in [7, 11) is 0. The van der Waals surface area contributed by atoms with Crippen molar-refractivity contribution in [1.82, 2.24) is 10.3 Å². The molecule has 0 saturated carbocycles. The largest absolute Gasteiger partial charge is 0.384 e. The van der Waals surface area contributed by atoms with Gasteiger partial charge in [0.05, 0.1) is 0 Å². The fourth-order valence-electron chi connectivity index (χ4n) is 2.66. The molecule has 1 heterocycles. The van der Waals surface area contributed by atoms with E-state index in [-0.39, 0.29) is 24.4 Å². The number of hydrogen-bond donors (Lipinski definition) is 2. The van der Waals surface area contributed by atoms with Crippen LogP contribution in [0.3, 0.4) is 0 Å². The van der Waals surface area contributed by atoms with Crippen LogP contribution in [0.1, 0.15) is 28.0 Å². The molecule has 0 bridgehead atoms. The number of nitrogens with two attached hydrogens (primary N) is 1. The Bertz CT molecular complexity index is 645. The number of nitrogens with one attached hydrogen (secondary N) is 1. The molecule has 1 aliphatic carbocycles. The summed E-state index contributed by atoms with van der Waals surface area (Å²) in [5.41, 5.74) is 8.69. The van der Waals surface area contributed by atoms with Crippen molar-refractivity contribution in [2.24, 2.45) is 0 Å². The third-order valence-corrected chi connectivity index (χ3v) is 3.69. The van der Waals surface area contributed by atoms with Gasteiger partial charge in [0, 0.05) is 6.04 Å². The van der Waals surface area contributed by atoms with Crippen molar-refractivity contribution in [3.05, 3.63) is 59.3 Å². The van der Waals surface area contributed by atoms with E-state index >= 15 is 0 Å². The number of benzene rings is 1. The highest BCUT2D eigenvalue weighted by Crippen LogP contribution is 2.21. The molecule has 0 saturated heterocycles. The van der Waals surface area contributed by atoms with Crippen LogP contribution in [0, 0.1) is 0 Å². The number of halogens is 1. The quantitative estimate of drug-likeness (QED) is 0.895. The Morgan fingerprint density at radius 2 is 1.90 bits per heavy atom. The van der Waals surface area contributed by atoms with Gasteiger partial charge in [-0.3, -0.25) is 4.79 Å². The third-order valence-electron chi connectivity index (χ3n) is 3.69. The minimum Gasteiger partial charge on any atom is -0.384 e. The van der Waals surface area contributed by atoms with E-state index < -0.39 is 0 Å². The van der Waals surface area contributed by atoms with E-state index in [0.29, 0.717) is 11.5 Å². The van der Waals surface area contributed by atoms with Crippen LogP contribution in [0.4, 0.5) is 5.82 Å². The highest BCUT2D eigenvalue weighted by atomic mass is 35.5. The first-order valence-corrected chi connectivity index (χ1v) is 6.82. The first-order chi connectivity index (χ1) is 9.72. The summed E-state index contributed by atoms with van der Waals surface area (Å²) in [5.74, 6) is 0.216. The van der Waals surface area contributed by atoms with Crippen molar-refractivity contribution in [3.63, 3.8) is 0 Å². The van der Waals surface area contributed by atoms with Crippen LogP contribution in [0.5, 0.6) is 0 Å². The Balaban J connectivity index is 0.00000161. The number of aromatic nitrogens is 1. The lowest BCUT2D eigenvalue weighted by Gasteiger charge is -2.25. The van der Waals surface area contributed by atoms with Crippen LogP contribution in [0.2, 0.25) is 0 Å². The zero-order chi connectivity index (χ0) is 13.9. The van der Waals surface area contributed by atoms with E-state index in [9.17, 15) is 4.79 Å². The summed E-state index contributed by atoms with van der Waals surface area (Å²) in [6.07, 6.45) is 2.85. The summed E-state index contributed by atoms with van der Waals surface area (Å²) in [6.45, 7) is 0. The smallest absolute Gasteiger partial charge is 0.270 e. The standard InChI is InChI=1S/C16H17N3O.ClH/c17-15-7-3-6-14(19-15)16(20)18-13-9-8-11-4-1-2-5-12(11)10-13;/h1-7,13H,8-10H2,(H2,17,19)(H,18,20);1H. The maximum atomic E-state index is 12.1. The molecule has 3 rings (SSSR count). The van der Waals surface area contributed by atoms with Gasteiger partial charge in [-0.05, 0) is 42.5 Å². The fraction of sp³-hybridized carbons (Fsp3) is 0.250. The van der Waals surface area contributed by atoms with E-state index in [4.69, 9.17) is 5.73 Å². The minimum atomic E-state index is -0.151. The second kappa shape index (κ2) is 6.59. The number of nitrogens with zero attached hydrogens (tertiary/aromatic N) is 1. The van der Waals surface area contributed by atoms with Crippen molar-refractivity contribution in [2.45, 2.75) is 25.3 Å². The summed E-state index contributed by atoms with van der Waals surface area (Å²) in [4.78, 5) is 16.2. The molecule has 1 atom stereocenters. The molecule has 0 spiro atoms. The monoisotopic (exact) mass is 303 g/mol. The van der Waals surface area contributed by atoms with Crippen molar-refractivity contribution >= 4 is 24.1 Å². The van der Waals surface area contributed by atoms with E-state index in [2.05, 4.69) is 28.5 Å². The van der Waals surface area contributed by atoms with Gasteiger partial charge in [0.25, 0.3) is 5.91 Å². The van der Waals surface area contributed by atoms with Crippen LogP contribution in [-0.2, 0) is 12.8 Å². The Labute approximate surface area is 130 Å². The average Bonchev–Trinajstić information content (AvgIpc) is 2.47. The normalized spacial score (nSPS) is 16.5. The molecule has 0 fully saturated rings. The highest BCUT2D eigenvalue weighted by molar-refractivity contribution is 5.92. The molecule has 2 aromatic rings. The Morgan fingerprint density at radius 1 is 1.14 bits per heavy atom. The van der Waals surface area contributed by atoms with Crippen LogP contribution in [-0.4, -0.2) is 16.9 Å². The third kappa shape index (κ3) is 3.52. The maximum absolute atomic E-state index is 12.1. The number of anilines is 1. The molecule has 5 heteroatoms. The Kier molecular flexibility index (Phi) is 4.81. The summed E-state index contributed by atoms with van der Waals surface area (Å²) < 4.78 is 0. The van der Waals surface area contributed by atoms with Gasteiger partial charge in [-0.1, -0.05) is 30.3 Å². The van der Waals surface area contributed by atoms with Crippen molar-refractivity contribution in [2.75, 3.05) is 5.73 Å². The number of hydrogen-bond acceptors (Lipinski definition) is 3. The number of nitrogen functional groups attached to an aromatic ring is 1. The summed E-state index contributed by atoms with van der Waals surface area (Å²) in [5, 5.41) is 3.05. The number of carbonyl (C=O) groups is 1. The predicted molar refractivity (Wildman–Crippen MR) is 85.6 cm³/mol. The number of aryl methyl sites for hydroxylation is 1. The minimum absolute atomic E-state index is 0. The molecule has 110 valence electrons. The molecule has 3 N–H and O–H groups in total. The lowest BCUT2D eigenvalue weighted by Crippen LogP contribution is -2.39. The molecule has 4 nitrogen and oxygen atoms in total. The zero-order valence-electron chi connectivity index (χ0n) is 11.6. The van der Waals surface area contributed by atoms with Crippen molar-refractivity contribution in [1.29, 1.82) is 0 Å². The molecule has 0 radical (unpaired) electrons. The number of carbonyl (C=O) groups excluding carboxylic acids is 1. The predicted octanol–water partition coefficient (Wildman–Crippen LogP) is 2.37. The first-order valence-electron chi connectivity index (χ1n) is 6.82. The van der Waals surface area contributed by atoms with E-state index in [1.54, 1.807) is 18.2 Å². The maximum Gasteiger partial charge on any atom is 0.270 e. The molecule has 1 aromatic carbocycles. The summed E-state index contributed by atoms with van der Waals surface area (Å²) >= 11 is 0. The topological polar surface area (TPSA) is 68.0 Å².